The quantitative estimate of drug-likeness (QED) is 0.497. The second kappa shape index (κ2) is 6.43. The maximum atomic E-state index is 11.6. The number of hydroxylamine groups is 1. The van der Waals surface area contributed by atoms with Crippen LogP contribution in [0.4, 0.5) is 0 Å². The van der Waals surface area contributed by atoms with Crippen LogP contribution in [0.2, 0.25) is 0 Å². The minimum Gasteiger partial charge on any atom is -0.298 e. The summed E-state index contributed by atoms with van der Waals surface area (Å²) in [7, 11) is 0. The van der Waals surface area contributed by atoms with Gasteiger partial charge in [-0.2, -0.15) is 0 Å². The summed E-state index contributed by atoms with van der Waals surface area (Å²) >= 11 is 0. The van der Waals surface area contributed by atoms with Gasteiger partial charge < -0.3 is 0 Å². The van der Waals surface area contributed by atoms with Crippen molar-refractivity contribution in [3.05, 3.63) is 29.1 Å². The summed E-state index contributed by atoms with van der Waals surface area (Å²) in [4.78, 5) is 21.2. The number of nitrogens with one attached hydrogen (secondary N) is 1. The van der Waals surface area contributed by atoms with Gasteiger partial charge in [-0.15, -0.1) is 0 Å². The fourth-order valence-corrected chi connectivity index (χ4v) is 4.60. The highest BCUT2D eigenvalue weighted by Crippen LogP contribution is 2.39. The molecule has 0 aliphatic carbocycles. The molecule has 130 valence electrons. The number of fused-ring (bicyclic) bond motifs is 2. The lowest BCUT2D eigenvalue weighted by atomic mass is 9.89. The Labute approximate surface area is 142 Å². The van der Waals surface area contributed by atoms with Crippen LogP contribution in [0, 0.1) is 5.92 Å². The summed E-state index contributed by atoms with van der Waals surface area (Å²) in [6, 6.07) is 3.50. The van der Waals surface area contributed by atoms with Crippen molar-refractivity contribution >= 4 is 5.91 Å². The van der Waals surface area contributed by atoms with Crippen molar-refractivity contribution in [1.29, 1.82) is 0 Å². The van der Waals surface area contributed by atoms with E-state index in [9.17, 15) is 4.79 Å². The molecule has 4 atom stereocenters. The fraction of sp³-hybridized carbons (Fsp3) is 0.667. The van der Waals surface area contributed by atoms with Crippen LogP contribution in [0.25, 0.3) is 0 Å². The van der Waals surface area contributed by atoms with Crippen LogP contribution in [0.15, 0.2) is 12.3 Å². The highest BCUT2D eigenvalue weighted by Gasteiger charge is 2.45. The summed E-state index contributed by atoms with van der Waals surface area (Å²) in [6.07, 6.45) is 6.41. The minimum absolute atomic E-state index is 0.426. The van der Waals surface area contributed by atoms with Crippen molar-refractivity contribution < 1.29 is 10.0 Å². The molecule has 4 rings (SSSR count). The Morgan fingerprint density at radius 1 is 1.46 bits per heavy atom. The second-order valence-corrected chi connectivity index (χ2v) is 7.51. The van der Waals surface area contributed by atoms with Gasteiger partial charge in [0.15, 0.2) is 0 Å². The number of piperidine rings is 1. The Bertz CT molecular complexity index is 635. The van der Waals surface area contributed by atoms with E-state index in [1.54, 1.807) is 11.7 Å². The van der Waals surface area contributed by atoms with E-state index in [1.165, 1.54) is 25.8 Å². The molecule has 0 bridgehead atoms. The van der Waals surface area contributed by atoms with E-state index in [2.05, 4.69) is 21.7 Å². The molecule has 1 aromatic rings. The van der Waals surface area contributed by atoms with Crippen molar-refractivity contribution in [2.24, 2.45) is 5.92 Å². The largest absolute Gasteiger partial charge is 0.298 e. The predicted molar refractivity (Wildman–Crippen MR) is 89.8 cm³/mol. The molecule has 0 saturated carbocycles. The molecule has 4 heterocycles. The second-order valence-electron chi connectivity index (χ2n) is 7.51. The van der Waals surface area contributed by atoms with Crippen molar-refractivity contribution in [2.75, 3.05) is 19.6 Å². The molecule has 0 radical (unpaired) electrons. The van der Waals surface area contributed by atoms with Crippen LogP contribution < -0.4 is 5.48 Å². The van der Waals surface area contributed by atoms with Gasteiger partial charge in [-0.1, -0.05) is 6.92 Å². The molecule has 4 unspecified atom stereocenters. The Morgan fingerprint density at radius 3 is 3.12 bits per heavy atom. The van der Waals surface area contributed by atoms with E-state index in [4.69, 9.17) is 5.21 Å². The highest BCUT2D eigenvalue weighted by molar-refractivity contribution is 5.93. The van der Waals surface area contributed by atoms with Gasteiger partial charge in [0.25, 0.3) is 5.91 Å². The van der Waals surface area contributed by atoms with Gasteiger partial charge in [-0.05, 0) is 36.8 Å². The smallest absolute Gasteiger partial charge is 0.276 e. The third-order valence-electron chi connectivity index (χ3n) is 5.91. The predicted octanol–water partition coefficient (Wildman–Crippen LogP) is 1.43. The number of carbonyl (C=O) groups excluding carboxylic acids is 1. The van der Waals surface area contributed by atoms with Crippen LogP contribution >= 0.6 is 0 Å². The lowest BCUT2D eigenvalue weighted by molar-refractivity contribution is 0.0705. The molecule has 3 aliphatic heterocycles. The number of carbonyl (C=O) groups is 1. The van der Waals surface area contributed by atoms with Crippen molar-refractivity contribution in [2.45, 2.75) is 51.2 Å². The third kappa shape index (κ3) is 3.06. The topological polar surface area (TPSA) is 68.5 Å². The first-order valence-corrected chi connectivity index (χ1v) is 9.08. The van der Waals surface area contributed by atoms with E-state index in [1.807, 2.05) is 6.07 Å². The molecule has 0 spiro atoms. The van der Waals surface area contributed by atoms with Gasteiger partial charge in [0.1, 0.15) is 0 Å². The number of rotatable bonds is 4. The van der Waals surface area contributed by atoms with Gasteiger partial charge in [-0.25, -0.2) is 5.48 Å². The Hall–Kier alpha value is -1.50. The van der Waals surface area contributed by atoms with Gasteiger partial charge in [0.05, 0.1) is 5.56 Å². The maximum Gasteiger partial charge on any atom is 0.276 e. The Balaban J connectivity index is 1.41. The molecular formula is C18H26N4O2. The molecule has 2 fully saturated rings. The summed E-state index contributed by atoms with van der Waals surface area (Å²) < 4.78 is 0. The first kappa shape index (κ1) is 16.0. The molecule has 2 saturated heterocycles. The SMILES string of the molecule is CCC1CC(CN2CCc3ncc(C(=O)NO)cc3C2)CC2CN12. The zero-order valence-corrected chi connectivity index (χ0v) is 14.2. The zero-order chi connectivity index (χ0) is 16.7. The lowest BCUT2D eigenvalue weighted by Gasteiger charge is -2.35. The summed E-state index contributed by atoms with van der Waals surface area (Å²) in [5.41, 5.74) is 4.33. The van der Waals surface area contributed by atoms with Crippen LogP contribution in [0.1, 0.15) is 47.8 Å². The van der Waals surface area contributed by atoms with E-state index < -0.39 is 5.91 Å². The Morgan fingerprint density at radius 2 is 2.33 bits per heavy atom. The van der Waals surface area contributed by atoms with E-state index in [0.717, 1.165) is 55.3 Å². The maximum absolute atomic E-state index is 11.6. The average Bonchev–Trinajstić information content (AvgIpc) is 3.39. The van der Waals surface area contributed by atoms with Crippen LogP contribution in [-0.4, -0.2) is 57.6 Å². The van der Waals surface area contributed by atoms with Gasteiger partial charge >= 0.3 is 0 Å². The molecule has 0 aromatic carbocycles. The van der Waals surface area contributed by atoms with Crippen molar-refractivity contribution in [3.63, 3.8) is 0 Å². The first-order valence-electron chi connectivity index (χ1n) is 9.08. The zero-order valence-electron chi connectivity index (χ0n) is 14.2. The minimum atomic E-state index is -0.491. The van der Waals surface area contributed by atoms with Gasteiger partial charge in [0.2, 0.25) is 0 Å². The number of hydrogen-bond acceptors (Lipinski definition) is 5. The molecular weight excluding hydrogens is 304 g/mol. The monoisotopic (exact) mass is 330 g/mol. The number of hydrogen-bond donors (Lipinski definition) is 2. The number of aromatic nitrogens is 1. The van der Waals surface area contributed by atoms with E-state index in [0.29, 0.717) is 5.56 Å². The highest BCUT2D eigenvalue weighted by atomic mass is 16.5. The van der Waals surface area contributed by atoms with Gasteiger partial charge in [-0.3, -0.25) is 24.8 Å². The summed E-state index contributed by atoms with van der Waals surface area (Å²) in [5, 5.41) is 8.80. The van der Waals surface area contributed by atoms with Crippen LogP contribution in [0.5, 0.6) is 0 Å². The van der Waals surface area contributed by atoms with E-state index >= 15 is 0 Å². The molecule has 3 aliphatic rings. The molecule has 24 heavy (non-hydrogen) atoms. The van der Waals surface area contributed by atoms with Crippen LogP contribution in [0.3, 0.4) is 0 Å². The molecule has 6 nitrogen and oxygen atoms in total. The van der Waals surface area contributed by atoms with E-state index in [-0.39, 0.29) is 0 Å². The third-order valence-corrected chi connectivity index (χ3v) is 5.91. The van der Waals surface area contributed by atoms with Gasteiger partial charge in [0, 0.05) is 56.6 Å². The average molecular weight is 330 g/mol. The molecule has 2 N–H and O–H groups in total. The lowest BCUT2D eigenvalue weighted by Crippen LogP contribution is -2.39. The molecule has 1 amide bonds. The molecule has 6 heteroatoms. The first-order chi connectivity index (χ1) is 11.7. The number of amides is 1. The van der Waals surface area contributed by atoms with Crippen molar-refractivity contribution in [1.82, 2.24) is 20.3 Å². The normalized spacial score (nSPS) is 31.9. The van der Waals surface area contributed by atoms with Crippen LogP contribution in [-0.2, 0) is 13.0 Å². The van der Waals surface area contributed by atoms with Crippen molar-refractivity contribution in [3.8, 4) is 0 Å². The number of nitrogens with zero attached hydrogens (tertiary/aromatic N) is 3. The Kier molecular flexibility index (Phi) is 4.28. The summed E-state index contributed by atoms with van der Waals surface area (Å²) in [6.45, 7) is 6.67. The fourth-order valence-electron chi connectivity index (χ4n) is 4.60. The summed E-state index contributed by atoms with van der Waals surface area (Å²) in [5.74, 6) is 0.298. The molecule has 1 aromatic heterocycles. The standard InChI is InChI=1S/C18H26N4O2/c1-2-15-5-12(6-16-11-22(15)16)9-21-4-3-17-14(10-21)7-13(8-19-17)18(23)20-24/h7-8,12,15-16,24H,2-6,9-11H2,1H3,(H,20,23). The number of pyridine rings is 1.